The predicted molar refractivity (Wildman–Crippen MR) is 73.4 cm³/mol. The van der Waals surface area contributed by atoms with Crippen LogP contribution in [0.25, 0.3) is 0 Å². The molecule has 2 saturated heterocycles. The molecule has 2 aliphatic rings. The molecule has 2 fully saturated rings. The van der Waals surface area contributed by atoms with Crippen molar-refractivity contribution in [3.8, 4) is 0 Å². The van der Waals surface area contributed by atoms with E-state index in [-0.39, 0.29) is 18.5 Å². The van der Waals surface area contributed by atoms with Crippen molar-refractivity contribution in [2.24, 2.45) is 0 Å². The molecule has 0 spiro atoms. The summed E-state index contributed by atoms with van der Waals surface area (Å²) in [6.07, 6.45) is -1.65. The van der Waals surface area contributed by atoms with Crippen molar-refractivity contribution in [2.75, 3.05) is 13.2 Å². The molecule has 21 heavy (non-hydrogen) atoms. The van der Waals surface area contributed by atoms with Crippen LogP contribution in [0.1, 0.15) is 5.56 Å². The first-order valence-electron chi connectivity index (χ1n) is 6.60. The number of hydrogen-bond acceptors (Lipinski definition) is 6. The Hall–Kier alpha value is -1.51. The summed E-state index contributed by atoms with van der Waals surface area (Å²) in [6, 6.07) is 9.53. The van der Waals surface area contributed by atoms with Crippen LogP contribution in [0.4, 0.5) is 0 Å². The molecule has 8 heteroatoms. The van der Waals surface area contributed by atoms with Gasteiger partial charge in [-0.2, -0.15) is 0 Å². The van der Waals surface area contributed by atoms with Gasteiger partial charge in [-0.15, -0.1) is 10.1 Å². The van der Waals surface area contributed by atoms with Crippen molar-refractivity contribution < 1.29 is 23.6 Å². The van der Waals surface area contributed by atoms with Gasteiger partial charge in [-0.1, -0.05) is 30.3 Å². The molecule has 2 heterocycles. The van der Waals surface area contributed by atoms with Crippen LogP contribution in [0.2, 0.25) is 0 Å². The van der Waals surface area contributed by atoms with Crippen molar-refractivity contribution in [3.05, 3.63) is 46.0 Å². The number of fused-ring (bicyclic) bond motifs is 1. The maximum atomic E-state index is 12.5. The summed E-state index contributed by atoms with van der Waals surface area (Å²) in [7, 11) is -1.16. The maximum absolute atomic E-state index is 12.5. The molecule has 1 aromatic rings. The number of nitrogens with zero attached hydrogens (tertiary/aromatic N) is 1. The van der Waals surface area contributed by atoms with Gasteiger partial charge in [0.25, 0.3) is 5.09 Å². The minimum absolute atomic E-state index is 0.0926. The topological polar surface area (TPSA) is 87.9 Å². The quantitative estimate of drug-likeness (QED) is 0.587. The molecule has 0 aliphatic carbocycles. The molecule has 3 unspecified atom stereocenters. The summed E-state index contributed by atoms with van der Waals surface area (Å²) in [4.78, 5) is 15.0. The molecule has 0 radical (unpaired) electrons. The lowest BCUT2D eigenvalue weighted by molar-refractivity contribution is -0.769. The van der Waals surface area contributed by atoms with Gasteiger partial charge >= 0.3 is 0 Å². The standard InChI is InChI=1S/C13H15NO6S/c15-14(16)20-10-6-18-13-11(7-19-12(10)13)21(17)8-9-4-2-1-3-5-9/h1-5,10-13H,6-8H2/t10-,11+,12?,13?,21?/m1/s1. The van der Waals surface area contributed by atoms with Gasteiger partial charge in [0.1, 0.15) is 12.2 Å². The van der Waals surface area contributed by atoms with Gasteiger partial charge in [-0.05, 0) is 5.56 Å². The van der Waals surface area contributed by atoms with E-state index in [1.165, 1.54) is 0 Å². The van der Waals surface area contributed by atoms with Crippen molar-refractivity contribution >= 4 is 10.8 Å². The van der Waals surface area contributed by atoms with Crippen LogP contribution in [0, 0.1) is 10.1 Å². The van der Waals surface area contributed by atoms with Gasteiger partial charge in [-0.25, -0.2) is 0 Å². The highest BCUT2D eigenvalue weighted by Crippen LogP contribution is 2.32. The Morgan fingerprint density at radius 2 is 1.95 bits per heavy atom. The molecule has 0 amide bonds. The molecule has 3 rings (SSSR count). The van der Waals surface area contributed by atoms with Gasteiger partial charge in [0.2, 0.25) is 0 Å². The van der Waals surface area contributed by atoms with Crippen LogP contribution >= 0.6 is 0 Å². The van der Waals surface area contributed by atoms with Gasteiger partial charge in [0, 0.05) is 16.6 Å². The second-order valence-corrected chi connectivity index (χ2v) is 6.67. The van der Waals surface area contributed by atoms with E-state index in [2.05, 4.69) is 4.84 Å². The zero-order chi connectivity index (χ0) is 14.8. The average Bonchev–Trinajstić information content (AvgIpc) is 3.02. The molecule has 0 aromatic heterocycles. The second-order valence-electron chi connectivity index (χ2n) is 5.01. The molecule has 0 N–H and O–H groups in total. The Balaban J connectivity index is 1.63. The first-order chi connectivity index (χ1) is 10.1. The number of ether oxygens (including phenoxy) is 2. The fraction of sp³-hybridized carbons (Fsp3) is 0.538. The van der Waals surface area contributed by atoms with Gasteiger partial charge in [0.15, 0.2) is 6.10 Å². The van der Waals surface area contributed by atoms with E-state index in [9.17, 15) is 14.3 Å². The Morgan fingerprint density at radius 3 is 2.67 bits per heavy atom. The van der Waals surface area contributed by atoms with E-state index in [0.29, 0.717) is 5.75 Å². The van der Waals surface area contributed by atoms with Crippen LogP contribution in [0.5, 0.6) is 0 Å². The largest absolute Gasteiger partial charge is 0.372 e. The van der Waals surface area contributed by atoms with Gasteiger partial charge in [0.05, 0.1) is 18.5 Å². The number of benzene rings is 1. The first kappa shape index (κ1) is 14.4. The maximum Gasteiger partial charge on any atom is 0.294 e. The summed E-state index contributed by atoms with van der Waals surface area (Å²) in [5.74, 6) is 0.419. The minimum atomic E-state index is -1.16. The highest BCUT2D eigenvalue weighted by molar-refractivity contribution is 7.85. The summed E-state index contributed by atoms with van der Waals surface area (Å²) < 4.78 is 23.5. The van der Waals surface area contributed by atoms with Crippen LogP contribution in [-0.2, 0) is 30.9 Å². The summed E-state index contributed by atoms with van der Waals surface area (Å²) in [6.45, 7) is 0.363. The molecule has 0 bridgehead atoms. The zero-order valence-corrected chi connectivity index (χ0v) is 11.9. The third-order valence-corrected chi connectivity index (χ3v) is 5.37. The Kier molecular flexibility index (Phi) is 4.18. The highest BCUT2D eigenvalue weighted by atomic mass is 32.2. The summed E-state index contributed by atoms with van der Waals surface area (Å²) in [5, 5.41) is 9.29. The lowest BCUT2D eigenvalue weighted by Gasteiger charge is -2.15. The van der Waals surface area contributed by atoms with Crippen molar-refractivity contribution in [1.29, 1.82) is 0 Å². The lowest BCUT2D eigenvalue weighted by atomic mass is 10.1. The molecular weight excluding hydrogens is 298 g/mol. The fourth-order valence-corrected chi connectivity index (χ4v) is 4.20. The predicted octanol–water partition coefficient (Wildman–Crippen LogP) is 0.678. The van der Waals surface area contributed by atoms with Gasteiger partial charge < -0.3 is 14.3 Å². The van der Waals surface area contributed by atoms with E-state index < -0.39 is 34.2 Å². The molecule has 2 aliphatic heterocycles. The smallest absolute Gasteiger partial charge is 0.294 e. The van der Waals surface area contributed by atoms with Crippen molar-refractivity contribution in [2.45, 2.75) is 29.3 Å². The van der Waals surface area contributed by atoms with E-state index >= 15 is 0 Å². The van der Waals surface area contributed by atoms with Gasteiger partial charge in [-0.3, -0.25) is 4.21 Å². The van der Waals surface area contributed by atoms with Crippen LogP contribution in [0.3, 0.4) is 0 Å². The Morgan fingerprint density at radius 1 is 1.24 bits per heavy atom. The van der Waals surface area contributed by atoms with E-state index in [1.807, 2.05) is 30.3 Å². The van der Waals surface area contributed by atoms with Crippen LogP contribution < -0.4 is 0 Å². The summed E-state index contributed by atoms with van der Waals surface area (Å²) >= 11 is 0. The van der Waals surface area contributed by atoms with Crippen LogP contribution in [0.15, 0.2) is 30.3 Å². The molecule has 114 valence electrons. The van der Waals surface area contributed by atoms with Crippen molar-refractivity contribution in [3.63, 3.8) is 0 Å². The lowest BCUT2D eigenvalue weighted by Crippen LogP contribution is -2.35. The molecule has 5 atom stereocenters. The number of rotatable bonds is 5. The minimum Gasteiger partial charge on any atom is -0.372 e. The molecular formula is C13H15NO6S. The Bertz CT molecular complexity index is 539. The second kappa shape index (κ2) is 6.08. The number of hydrogen-bond donors (Lipinski definition) is 0. The first-order valence-corrected chi connectivity index (χ1v) is 7.99. The van der Waals surface area contributed by atoms with E-state index in [1.54, 1.807) is 0 Å². The average molecular weight is 313 g/mol. The van der Waals surface area contributed by atoms with E-state index in [0.717, 1.165) is 5.56 Å². The molecule has 7 nitrogen and oxygen atoms in total. The van der Waals surface area contributed by atoms with E-state index in [4.69, 9.17) is 9.47 Å². The SMILES string of the molecule is O=[N+]([O-])O[C@@H]1COC2C1OC[C@@H]2S(=O)Cc1ccccc1. The third kappa shape index (κ3) is 3.07. The Labute approximate surface area is 123 Å². The molecule has 1 aromatic carbocycles. The summed E-state index contributed by atoms with van der Waals surface area (Å²) in [5.41, 5.74) is 0.982. The third-order valence-electron chi connectivity index (χ3n) is 3.67. The normalized spacial score (nSPS) is 32.6. The van der Waals surface area contributed by atoms with Crippen LogP contribution in [-0.4, -0.2) is 46.1 Å². The monoisotopic (exact) mass is 313 g/mol. The zero-order valence-electron chi connectivity index (χ0n) is 11.1. The van der Waals surface area contributed by atoms with Crippen molar-refractivity contribution in [1.82, 2.24) is 0 Å². The molecule has 0 saturated carbocycles. The fourth-order valence-electron chi connectivity index (χ4n) is 2.70. The highest BCUT2D eigenvalue weighted by Gasteiger charge is 2.51.